The molecule has 2 rings (SSSR count). The van der Waals surface area contributed by atoms with Crippen molar-refractivity contribution in [2.24, 2.45) is 4.99 Å². The Labute approximate surface area is 167 Å². The molecule has 0 bridgehead atoms. The van der Waals surface area contributed by atoms with Gasteiger partial charge < -0.3 is 20.0 Å². The lowest BCUT2D eigenvalue weighted by molar-refractivity contribution is -0.130. The summed E-state index contributed by atoms with van der Waals surface area (Å²) in [5.74, 6) is 2.10. The van der Waals surface area contributed by atoms with Gasteiger partial charge in [-0.05, 0) is 38.3 Å². The van der Waals surface area contributed by atoms with Crippen LogP contribution in [0.5, 0.6) is 0 Å². The Morgan fingerprint density at radius 1 is 1.32 bits per heavy atom. The molecule has 1 aromatic rings. The second-order valence-electron chi connectivity index (χ2n) is 6.06. The molecule has 1 amide bonds. The predicted octanol–water partition coefficient (Wildman–Crippen LogP) is 2.79. The molecule has 0 saturated carbocycles. The number of likely N-dealkylation sites (tertiary alicyclic amines) is 1. The summed E-state index contributed by atoms with van der Waals surface area (Å²) in [6, 6.07) is 3.88. The highest BCUT2D eigenvalue weighted by Gasteiger charge is 2.15. The molecule has 0 aliphatic carbocycles. The van der Waals surface area contributed by atoms with Gasteiger partial charge in [0.25, 0.3) is 0 Å². The SMILES string of the molecule is CCNC(=NCCCN1CCCCCC1=O)NCCc1ccco1.I. The summed E-state index contributed by atoms with van der Waals surface area (Å²) in [7, 11) is 0. The number of nitrogens with zero attached hydrogens (tertiary/aromatic N) is 2. The second kappa shape index (κ2) is 13.0. The minimum absolute atomic E-state index is 0. The Morgan fingerprint density at radius 2 is 2.20 bits per heavy atom. The van der Waals surface area contributed by atoms with E-state index in [1.165, 1.54) is 6.42 Å². The number of hydrogen-bond acceptors (Lipinski definition) is 3. The van der Waals surface area contributed by atoms with Crippen molar-refractivity contribution in [3.05, 3.63) is 24.2 Å². The molecule has 0 radical (unpaired) electrons. The first-order valence-electron chi connectivity index (χ1n) is 9.12. The molecule has 0 atom stereocenters. The molecule has 0 unspecified atom stereocenters. The van der Waals surface area contributed by atoms with Crippen molar-refractivity contribution in [3.63, 3.8) is 0 Å². The van der Waals surface area contributed by atoms with Crippen LogP contribution in [0.4, 0.5) is 0 Å². The molecule has 25 heavy (non-hydrogen) atoms. The van der Waals surface area contributed by atoms with Gasteiger partial charge in [-0.25, -0.2) is 0 Å². The van der Waals surface area contributed by atoms with Crippen molar-refractivity contribution in [2.75, 3.05) is 32.7 Å². The lowest BCUT2D eigenvalue weighted by atomic mass is 10.2. The van der Waals surface area contributed by atoms with Crippen LogP contribution in [-0.2, 0) is 11.2 Å². The van der Waals surface area contributed by atoms with Crippen LogP contribution in [0.1, 0.15) is 44.8 Å². The molecule has 0 aromatic carbocycles. The molecule has 1 fully saturated rings. The van der Waals surface area contributed by atoms with Crippen molar-refractivity contribution in [2.45, 2.75) is 45.4 Å². The number of carbonyl (C=O) groups is 1. The first-order chi connectivity index (χ1) is 11.8. The van der Waals surface area contributed by atoms with E-state index in [4.69, 9.17) is 4.42 Å². The van der Waals surface area contributed by atoms with Crippen molar-refractivity contribution in [1.29, 1.82) is 0 Å². The standard InChI is InChI=1S/C18H30N4O2.HI/c1-2-19-18(21-12-10-16-8-6-15-24-16)20-11-7-14-22-13-5-3-4-9-17(22)23;/h6,8,15H,2-5,7,9-14H2,1H3,(H2,19,20,21);1H. The minimum Gasteiger partial charge on any atom is -0.469 e. The summed E-state index contributed by atoms with van der Waals surface area (Å²) in [5.41, 5.74) is 0. The number of rotatable bonds is 8. The molecule has 1 aliphatic rings. The first kappa shape index (κ1) is 21.8. The van der Waals surface area contributed by atoms with Gasteiger partial charge in [0, 0.05) is 45.6 Å². The summed E-state index contributed by atoms with van der Waals surface area (Å²) in [5, 5.41) is 6.56. The maximum absolute atomic E-state index is 12.0. The van der Waals surface area contributed by atoms with Crippen molar-refractivity contribution in [3.8, 4) is 0 Å². The van der Waals surface area contributed by atoms with Crippen molar-refractivity contribution >= 4 is 35.8 Å². The van der Waals surface area contributed by atoms with E-state index in [2.05, 4.69) is 22.5 Å². The molecule has 7 heteroatoms. The van der Waals surface area contributed by atoms with E-state index in [9.17, 15) is 4.79 Å². The summed E-state index contributed by atoms with van der Waals surface area (Å²) < 4.78 is 5.32. The predicted molar refractivity (Wildman–Crippen MR) is 111 cm³/mol. The maximum atomic E-state index is 12.0. The van der Waals surface area contributed by atoms with E-state index in [1.807, 2.05) is 17.0 Å². The van der Waals surface area contributed by atoms with Crippen LogP contribution >= 0.6 is 24.0 Å². The molecular formula is C18H31IN4O2. The molecule has 142 valence electrons. The summed E-state index contributed by atoms with van der Waals surface area (Å²) in [6.45, 7) is 6.11. The van der Waals surface area contributed by atoms with Gasteiger partial charge in [0.2, 0.25) is 5.91 Å². The van der Waals surface area contributed by atoms with Gasteiger partial charge in [0.15, 0.2) is 5.96 Å². The number of hydrogen-bond donors (Lipinski definition) is 2. The van der Waals surface area contributed by atoms with E-state index in [1.54, 1.807) is 6.26 Å². The Morgan fingerprint density at radius 3 is 2.96 bits per heavy atom. The van der Waals surface area contributed by atoms with Gasteiger partial charge in [-0.15, -0.1) is 24.0 Å². The summed E-state index contributed by atoms with van der Waals surface area (Å²) in [6.07, 6.45) is 7.48. The topological polar surface area (TPSA) is 69.9 Å². The fourth-order valence-electron chi connectivity index (χ4n) is 2.83. The third kappa shape index (κ3) is 8.60. The average molecular weight is 462 g/mol. The van der Waals surface area contributed by atoms with Gasteiger partial charge >= 0.3 is 0 Å². The molecule has 1 aliphatic heterocycles. The Hall–Kier alpha value is -1.25. The van der Waals surface area contributed by atoms with Crippen molar-refractivity contribution in [1.82, 2.24) is 15.5 Å². The molecule has 6 nitrogen and oxygen atoms in total. The second-order valence-corrected chi connectivity index (χ2v) is 6.06. The highest BCUT2D eigenvalue weighted by atomic mass is 127. The highest BCUT2D eigenvalue weighted by Crippen LogP contribution is 2.11. The van der Waals surface area contributed by atoms with Crippen LogP contribution in [0, 0.1) is 0 Å². The lowest BCUT2D eigenvalue weighted by Crippen LogP contribution is -2.38. The van der Waals surface area contributed by atoms with Crippen LogP contribution in [0.15, 0.2) is 27.8 Å². The fraction of sp³-hybridized carbons (Fsp3) is 0.667. The third-order valence-electron chi connectivity index (χ3n) is 4.12. The zero-order valence-corrected chi connectivity index (χ0v) is 17.5. The van der Waals surface area contributed by atoms with E-state index in [0.717, 1.165) is 70.1 Å². The molecule has 1 saturated heterocycles. The molecule has 1 aromatic heterocycles. The maximum Gasteiger partial charge on any atom is 0.222 e. The minimum atomic E-state index is 0. The zero-order valence-electron chi connectivity index (χ0n) is 15.1. The monoisotopic (exact) mass is 462 g/mol. The number of aliphatic imine (C=N–C) groups is 1. The van der Waals surface area contributed by atoms with E-state index >= 15 is 0 Å². The van der Waals surface area contributed by atoms with Crippen LogP contribution < -0.4 is 10.6 Å². The Kier molecular flexibility index (Phi) is 11.3. The largest absolute Gasteiger partial charge is 0.469 e. The van der Waals surface area contributed by atoms with Crippen LogP contribution in [0.25, 0.3) is 0 Å². The molecule has 2 N–H and O–H groups in total. The van der Waals surface area contributed by atoms with Gasteiger partial charge in [-0.1, -0.05) is 6.42 Å². The van der Waals surface area contributed by atoms with Gasteiger partial charge in [0.1, 0.15) is 5.76 Å². The number of furan rings is 1. The number of carbonyl (C=O) groups excluding carboxylic acids is 1. The quantitative estimate of drug-likeness (QED) is 0.270. The number of halogens is 1. The average Bonchev–Trinajstić information content (AvgIpc) is 3.01. The van der Waals surface area contributed by atoms with E-state index in [0.29, 0.717) is 12.3 Å². The van der Waals surface area contributed by atoms with Crippen LogP contribution in [-0.4, -0.2) is 49.5 Å². The smallest absolute Gasteiger partial charge is 0.222 e. The molecular weight excluding hydrogens is 431 g/mol. The summed E-state index contributed by atoms with van der Waals surface area (Å²) >= 11 is 0. The van der Waals surface area contributed by atoms with Gasteiger partial charge in [0.05, 0.1) is 6.26 Å². The number of guanidine groups is 1. The Bertz CT molecular complexity index is 505. The van der Waals surface area contributed by atoms with Crippen LogP contribution in [0.3, 0.4) is 0 Å². The summed E-state index contributed by atoms with van der Waals surface area (Å²) in [4.78, 5) is 18.5. The van der Waals surface area contributed by atoms with Gasteiger partial charge in [-0.2, -0.15) is 0 Å². The zero-order chi connectivity index (χ0) is 17.0. The molecule has 2 heterocycles. The van der Waals surface area contributed by atoms with Crippen molar-refractivity contribution < 1.29 is 9.21 Å². The fourth-order valence-corrected chi connectivity index (χ4v) is 2.83. The van der Waals surface area contributed by atoms with Gasteiger partial charge in [-0.3, -0.25) is 9.79 Å². The Balaban J connectivity index is 0.00000312. The third-order valence-corrected chi connectivity index (χ3v) is 4.12. The lowest BCUT2D eigenvalue weighted by Gasteiger charge is -2.20. The van der Waals surface area contributed by atoms with E-state index in [-0.39, 0.29) is 24.0 Å². The normalized spacial score (nSPS) is 15.5. The van der Waals surface area contributed by atoms with E-state index < -0.39 is 0 Å². The first-order valence-corrected chi connectivity index (χ1v) is 9.12. The van der Waals surface area contributed by atoms with Crippen LogP contribution in [0.2, 0.25) is 0 Å². The highest BCUT2D eigenvalue weighted by molar-refractivity contribution is 14.0. The molecule has 0 spiro atoms. The number of amides is 1. The number of nitrogens with one attached hydrogen (secondary N) is 2.